The first-order valence-corrected chi connectivity index (χ1v) is 15.1. The number of nitrogens with one attached hydrogen (secondary N) is 4. The number of hydrogen-bond donors (Lipinski definition) is 5. The van der Waals surface area contributed by atoms with E-state index in [4.69, 9.17) is 5.11 Å². The highest BCUT2D eigenvalue weighted by molar-refractivity contribution is 5.94. The van der Waals surface area contributed by atoms with Gasteiger partial charge in [0.15, 0.2) is 0 Å². The van der Waals surface area contributed by atoms with Gasteiger partial charge in [-0.05, 0) is 49.9 Å². The fourth-order valence-corrected chi connectivity index (χ4v) is 6.65. The average Bonchev–Trinajstić information content (AvgIpc) is 3.56. The monoisotopic (exact) mass is 620 g/mol. The fourth-order valence-electron chi connectivity index (χ4n) is 6.65. The summed E-state index contributed by atoms with van der Waals surface area (Å²) in [6.07, 6.45) is 2.32. The second-order valence-electron chi connectivity index (χ2n) is 11.5. The van der Waals surface area contributed by atoms with Crippen LogP contribution in [0.25, 0.3) is 0 Å². The summed E-state index contributed by atoms with van der Waals surface area (Å²) in [5.41, 5.74) is 0.848. The van der Waals surface area contributed by atoms with Crippen molar-refractivity contribution in [1.82, 2.24) is 31.1 Å². The van der Waals surface area contributed by atoms with Crippen LogP contribution in [0.3, 0.4) is 0 Å². The van der Waals surface area contributed by atoms with Gasteiger partial charge >= 0.3 is 18.0 Å². The maximum absolute atomic E-state index is 12.5. The first-order valence-electron chi connectivity index (χ1n) is 15.1. The van der Waals surface area contributed by atoms with Gasteiger partial charge in [0, 0.05) is 44.6 Å². The summed E-state index contributed by atoms with van der Waals surface area (Å²) in [5, 5.41) is 19.5. The van der Waals surface area contributed by atoms with Gasteiger partial charge in [-0.1, -0.05) is 36.4 Å². The topological polar surface area (TPSA) is 167 Å². The number of anilines is 2. The van der Waals surface area contributed by atoms with Crippen LogP contribution in [0.2, 0.25) is 0 Å². The molecule has 4 aliphatic rings. The van der Waals surface area contributed by atoms with E-state index in [1.165, 1.54) is 0 Å². The lowest BCUT2D eigenvalue weighted by molar-refractivity contribution is -0.135. The van der Waals surface area contributed by atoms with Crippen molar-refractivity contribution < 1.29 is 29.1 Å². The minimum atomic E-state index is -1.08. The number of hydrogen-bond acceptors (Lipinski definition) is 7. The molecule has 5 N–H and O–H groups in total. The van der Waals surface area contributed by atoms with Gasteiger partial charge in [0.25, 0.3) is 0 Å². The van der Waals surface area contributed by atoms with E-state index in [9.17, 15) is 24.0 Å². The van der Waals surface area contributed by atoms with Gasteiger partial charge in [0.1, 0.15) is 17.6 Å². The Balaban J connectivity index is 0.000000179. The molecule has 45 heavy (non-hydrogen) atoms. The summed E-state index contributed by atoms with van der Waals surface area (Å²) in [5.74, 6) is -1.03. The molecule has 4 saturated heterocycles. The summed E-state index contributed by atoms with van der Waals surface area (Å²) in [6.45, 7) is 2.57. The standard InChI is InChI=1S/C16H20N4O4.C15H20N4O2/c21-13(22)10-17-15(24)19-8-6-16(7-9-19)14(23)18-11-20(16)12-4-2-1-3-5-12;1-16-14(21)18-9-7-15(8-10-18)13(20)17-11-19(15)12-5-3-2-4-6-12/h1-5H,6-11H2,(H,17,24)(H,18,23)(H,21,22);2-6H,7-11H2,1H3,(H,16,21)(H,17,20). The summed E-state index contributed by atoms with van der Waals surface area (Å²) in [7, 11) is 1.63. The fraction of sp³-hybridized carbons (Fsp3) is 0.452. The molecule has 6 amide bonds. The van der Waals surface area contributed by atoms with Gasteiger partial charge in [-0.3, -0.25) is 14.4 Å². The van der Waals surface area contributed by atoms with Crippen LogP contribution in [-0.4, -0.2) is 109 Å². The second-order valence-corrected chi connectivity index (χ2v) is 11.5. The predicted octanol–water partition coefficient (Wildman–Crippen LogP) is 0.963. The zero-order chi connectivity index (χ0) is 32.0. The molecule has 14 heteroatoms. The molecule has 4 heterocycles. The van der Waals surface area contributed by atoms with E-state index in [-0.39, 0.29) is 17.8 Å². The molecule has 0 bridgehead atoms. The van der Waals surface area contributed by atoms with E-state index in [1.807, 2.05) is 60.7 Å². The van der Waals surface area contributed by atoms with Crippen molar-refractivity contribution in [3.63, 3.8) is 0 Å². The van der Waals surface area contributed by atoms with Crippen LogP contribution >= 0.6 is 0 Å². The van der Waals surface area contributed by atoms with E-state index >= 15 is 0 Å². The normalized spacial score (nSPS) is 19.8. The Morgan fingerprint density at radius 3 is 1.49 bits per heavy atom. The van der Waals surface area contributed by atoms with Gasteiger partial charge in [-0.2, -0.15) is 0 Å². The lowest BCUT2D eigenvalue weighted by Crippen LogP contribution is -2.58. The van der Waals surface area contributed by atoms with Crippen molar-refractivity contribution in [2.45, 2.75) is 36.8 Å². The lowest BCUT2D eigenvalue weighted by atomic mass is 9.85. The van der Waals surface area contributed by atoms with Gasteiger partial charge in [0.2, 0.25) is 11.8 Å². The van der Waals surface area contributed by atoms with E-state index in [0.717, 1.165) is 11.4 Å². The van der Waals surface area contributed by atoms with Crippen LogP contribution in [0.5, 0.6) is 0 Å². The first-order chi connectivity index (χ1) is 21.7. The Hall–Kier alpha value is -5.01. The van der Waals surface area contributed by atoms with Gasteiger partial charge in [0.05, 0.1) is 13.3 Å². The van der Waals surface area contributed by atoms with Crippen LogP contribution in [0.4, 0.5) is 21.0 Å². The molecule has 2 aromatic carbocycles. The quantitative estimate of drug-likeness (QED) is 0.337. The van der Waals surface area contributed by atoms with Gasteiger partial charge < -0.3 is 46.0 Å². The molecule has 0 radical (unpaired) electrons. The van der Waals surface area contributed by atoms with Crippen molar-refractivity contribution in [3.05, 3.63) is 60.7 Å². The third-order valence-corrected chi connectivity index (χ3v) is 9.17. The Morgan fingerprint density at radius 1 is 0.711 bits per heavy atom. The summed E-state index contributed by atoms with van der Waals surface area (Å²) in [6, 6.07) is 19.2. The number of urea groups is 2. The maximum Gasteiger partial charge on any atom is 0.323 e. The number of likely N-dealkylation sites (tertiary alicyclic amines) is 2. The number of rotatable bonds is 4. The number of carbonyl (C=O) groups excluding carboxylic acids is 4. The number of piperidine rings is 2. The number of nitrogens with zero attached hydrogens (tertiary/aromatic N) is 4. The third-order valence-electron chi connectivity index (χ3n) is 9.17. The summed E-state index contributed by atoms with van der Waals surface area (Å²) >= 11 is 0. The van der Waals surface area contributed by atoms with E-state index in [2.05, 4.69) is 31.1 Å². The van der Waals surface area contributed by atoms with Gasteiger partial charge in [-0.25, -0.2) is 9.59 Å². The average molecular weight is 621 g/mol. The molecule has 4 fully saturated rings. The highest BCUT2D eigenvalue weighted by Gasteiger charge is 2.52. The number of aliphatic carboxylic acids is 1. The predicted molar refractivity (Wildman–Crippen MR) is 166 cm³/mol. The van der Waals surface area contributed by atoms with Crippen LogP contribution in [0, 0.1) is 0 Å². The molecule has 0 saturated carbocycles. The Bertz CT molecular complexity index is 1390. The van der Waals surface area contributed by atoms with Crippen LogP contribution in [-0.2, 0) is 14.4 Å². The van der Waals surface area contributed by atoms with Gasteiger partial charge in [-0.15, -0.1) is 0 Å². The van der Waals surface area contributed by atoms with Crippen LogP contribution in [0.15, 0.2) is 60.7 Å². The smallest absolute Gasteiger partial charge is 0.323 e. The van der Waals surface area contributed by atoms with E-state index < -0.39 is 29.6 Å². The van der Waals surface area contributed by atoms with Crippen molar-refractivity contribution >= 4 is 41.2 Å². The van der Waals surface area contributed by atoms with E-state index in [1.54, 1.807) is 16.8 Å². The minimum absolute atomic E-state index is 0.0167. The molecular formula is C31H40N8O6. The maximum atomic E-state index is 12.5. The molecule has 240 valence electrons. The van der Waals surface area contributed by atoms with Crippen LogP contribution in [0.1, 0.15) is 25.7 Å². The Labute approximate surface area is 261 Å². The summed E-state index contributed by atoms with van der Waals surface area (Å²) in [4.78, 5) is 66.6. The lowest BCUT2D eigenvalue weighted by Gasteiger charge is -2.43. The highest BCUT2D eigenvalue weighted by Crippen LogP contribution is 2.37. The second kappa shape index (κ2) is 13.3. The molecule has 0 unspecified atom stereocenters. The molecule has 14 nitrogen and oxygen atoms in total. The number of para-hydroxylation sites is 2. The van der Waals surface area contributed by atoms with Crippen molar-refractivity contribution in [3.8, 4) is 0 Å². The molecule has 2 aromatic rings. The molecule has 0 atom stereocenters. The number of amides is 6. The van der Waals surface area contributed by atoms with Crippen molar-refractivity contribution in [2.24, 2.45) is 0 Å². The molecule has 6 rings (SSSR count). The number of carboxylic acids is 1. The SMILES string of the molecule is CNC(=O)N1CCC2(CC1)C(=O)NCN2c1ccccc1.O=C(O)CNC(=O)N1CCC2(CC1)C(=O)NCN2c1ccccc1. The zero-order valence-electron chi connectivity index (χ0n) is 25.3. The van der Waals surface area contributed by atoms with Crippen molar-refractivity contribution in [1.29, 1.82) is 0 Å². The zero-order valence-corrected chi connectivity index (χ0v) is 25.3. The number of benzene rings is 2. The summed E-state index contributed by atoms with van der Waals surface area (Å²) < 4.78 is 0. The molecule has 0 aliphatic carbocycles. The van der Waals surface area contributed by atoms with Crippen molar-refractivity contribution in [2.75, 3.05) is 62.9 Å². The minimum Gasteiger partial charge on any atom is -0.480 e. The molecular weight excluding hydrogens is 580 g/mol. The van der Waals surface area contributed by atoms with Crippen LogP contribution < -0.4 is 31.1 Å². The molecule has 0 aromatic heterocycles. The molecule has 2 spiro atoms. The Kier molecular flexibility index (Phi) is 9.30. The first kappa shape index (κ1) is 31.4. The third kappa shape index (κ3) is 6.30. The Morgan fingerprint density at radius 2 is 1.11 bits per heavy atom. The largest absolute Gasteiger partial charge is 0.480 e. The highest BCUT2D eigenvalue weighted by atomic mass is 16.4. The number of carboxylic acid groups (broad SMARTS) is 1. The van der Waals surface area contributed by atoms with E-state index in [0.29, 0.717) is 65.2 Å². The number of carbonyl (C=O) groups is 5. The molecule has 4 aliphatic heterocycles.